The van der Waals surface area contributed by atoms with E-state index in [1.165, 1.54) is 5.56 Å². The van der Waals surface area contributed by atoms with Gasteiger partial charge in [-0.25, -0.2) is 8.42 Å². The molecular formula is C19H24N2O3S. The zero-order valence-electron chi connectivity index (χ0n) is 14.8. The third kappa shape index (κ3) is 5.32. The number of hydrogen-bond donors (Lipinski definition) is 1. The summed E-state index contributed by atoms with van der Waals surface area (Å²) in [7, 11) is -3.57. The fourth-order valence-electron chi connectivity index (χ4n) is 2.60. The normalized spacial score (nSPS) is 11.2. The fraction of sp³-hybridized carbons (Fsp3) is 0.316. The summed E-state index contributed by atoms with van der Waals surface area (Å²) in [4.78, 5) is 12.3. The van der Waals surface area contributed by atoms with Crippen LogP contribution in [0.25, 0.3) is 0 Å². The summed E-state index contributed by atoms with van der Waals surface area (Å²) < 4.78 is 25.4. The van der Waals surface area contributed by atoms with Crippen LogP contribution in [0.2, 0.25) is 0 Å². The Morgan fingerprint density at radius 1 is 1.08 bits per heavy atom. The van der Waals surface area contributed by atoms with Crippen molar-refractivity contribution in [2.45, 2.75) is 26.7 Å². The number of carbonyl (C=O) groups excluding carboxylic acids is 1. The second kappa shape index (κ2) is 8.16. The number of rotatable bonds is 7. The molecule has 0 aliphatic rings. The zero-order valence-corrected chi connectivity index (χ0v) is 15.6. The van der Waals surface area contributed by atoms with E-state index in [9.17, 15) is 13.2 Å². The van der Waals surface area contributed by atoms with Crippen LogP contribution in [-0.2, 0) is 21.2 Å². The second-order valence-electron chi connectivity index (χ2n) is 6.05. The van der Waals surface area contributed by atoms with Gasteiger partial charge in [-0.15, -0.1) is 0 Å². The first-order valence-electron chi connectivity index (χ1n) is 8.23. The predicted molar refractivity (Wildman–Crippen MR) is 102 cm³/mol. The SMILES string of the molecule is CCCc1ccc(NC(=O)CN(c2ccccc2C)S(C)(=O)=O)cc1. The van der Waals surface area contributed by atoms with Crippen molar-refractivity contribution in [3.05, 3.63) is 59.7 Å². The number of nitrogens with zero attached hydrogens (tertiary/aromatic N) is 1. The van der Waals surface area contributed by atoms with E-state index in [2.05, 4.69) is 12.2 Å². The molecule has 0 radical (unpaired) electrons. The quantitative estimate of drug-likeness (QED) is 0.823. The lowest BCUT2D eigenvalue weighted by Crippen LogP contribution is -2.37. The van der Waals surface area contributed by atoms with Crippen molar-refractivity contribution in [1.82, 2.24) is 0 Å². The van der Waals surface area contributed by atoms with E-state index >= 15 is 0 Å². The van der Waals surface area contributed by atoms with Crippen LogP contribution >= 0.6 is 0 Å². The second-order valence-corrected chi connectivity index (χ2v) is 7.96. The van der Waals surface area contributed by atoms with Gasteiger partial charge in [-0.05, 0) is 42.7 Å². The third-order valence-corrected chi connectivity index (χ3v) is 4.97. The van der Waals surface area contributed by atoms with Crippen molar-refractivity contribution < 1.29 is 13.2 Å². The standard InChI is InChI=1S/C19H24N2O3S/c1-4-7-16-10-12-17(13-11-16)20-19(22)14-21(25(3,23)24)18-9-6-5-8-15(18)2/h5-6,8-13H,4,7,14H2,1-3H3,(H,20,22). The Morgan fingerprint density at radius 2 is 1.72 bits per heavy atom. The minimum absolute atomic E-state index is 0.263. The van der Waals surface area contributed by atoms with E-state index in [0.717, 1.165) is 29.0 Å². The average Bonchev–Trinajstić information content (AvgIpc) is 2.55. The molecular weight excluding hydrogens is 336 g/mol. The topological polar surface area (TPSA) is 66.5 Å². The molecule has 0 saturated heterocycles. The molecule has 2 aromatic carbocycles. The highest BCUT2D eigenvalue weighted by Gasteiger charge is 2.22. The fourth-order valence-corrected chi connectivity index (χ4v) is 3.51. The molecule has 0 spiro atoms. The van der Waals surface area contributed by atoms with Crippen LogP contribution in [0, 0.1) is 6.92 Å². The minimum Gasteiger partial charge on any atom is -0.325 e. The van der Waals surface area contributed by atoms with Gasteiger partial charge in [-0.3, -0.25) is 9.10 Å². The number of anilines is 2. The van der Waals surface area contributed by atoms with Gasteiger partial charge in [0.05, 0.1) is 11.9 Å². The van der Waals surface area contributed by atoms with Gasteiger partial charge in [0.2, 0.25) is 15.9 Å². The van der Waals surface area contributed by atoms with E-state index in [0.29, 0.717) is 11.4 Å². The van der Waals surface area contributed by atoms with Gasteiger partial charge in [0.15, 0.2) is 0 Å². The molecule has 1 N–H and O–H groups in total. The molecule has 0 fully saturated rings. The number of amides is 1. The average molecular weight is 360 g/mol. The number of hydrogen-bond acceptors (Lipinski definition) is 3. The van der Waals surface area contributed by atoms with Crippen molar-refractivity contribution >= 4 is 27.3 Å². The van der Waals surface area contributed by atoms with Gasteiger partial charge in [0.1, 0.15) is 6.54 Å². The summed E-state index contributed by atoms with van der Waals surface area (Å²) in [6.07, 6.45) is 3.15. The first-order valence-corrected chi connectivity index (χ1v) is 10.1. The van der Waals surface area contributed by atoms with Crippen LogP contribution < -0.4 is 9.62 Å². The highest BCUT2D eigenvalue weighted by molar-refractivity contribution is 7.92. The maximum absolute atomic E-state index is 12.3. The molecule has 2 rings (SSSR count). The Bertz CT molecular complexity index is 830. The van der Waals surface area contributed by atoms with Crippen LogP contribution in [-0.4, -0.2) is 27.1 Å². The highest BCUT2D eigenvalue weighted by Crippen LogP contribution is 2.22. The number of para-hydroxylation sites is 1. The molecule has 134 valence electrons. The van der Waals surface area contributed by atoms with Crippen molar-refractivity contribution in [2.75, 3.05) is 22.4 Å². The molecule has 0 saturated carbocycles. The summed E-state index contributed by atoms with van der Waals surface area (Å²) in [5.41, 5.74) is 3.17. The van der Waals surface area contributed by atoms with Gasteiger partial charge >= 0.3 is 0 Å². The van der Waals surface area contributed by atoms with Gasteiger partial charge in [-0.2, -0.15) is 0 Å². The Kier molecular flexibility index (Phi) is 6.20. The Labute approximate surface area is 149 Å². The molecule has 0 aliphatic heterocycles. The van der Waals surface area contributed by atoms with Crippen LogP contribution in [0.5, 0.6) is 0 Å². The molecule has 1 amide bonds. The molecule has 0 aromatic heterocycles. The van der Waals surface area contributed by atoms with E-state index in [-0.39, 0.29) is 12.5 Å². The van der Waals surface area contributed by atoms with Gasteiger partial charge in [0.25, 0.3) is 0 Å². The summed E-state index contributed by atoms with van der Waals surface area (Å²) in [5, 5.41) is 2.76. The van der Waals surface area contributed by atoms with E-state index in [1.54, 1.807) is 12.1 Å². The molecule has 6 heteroatoms. The molecule has 5 nitrogen and oxygen atoms in total. The summed E-state index contributed by atoms with van der Waals surface area (Å²) >= 11 is 0. The lowest BCUT2D eigenvalue weighted by molar-refractivity contribution is -0.114. The van der Waals surface area contributed by atoms with Crippen molar-refractivity contribution in [2.24, 2.45) is 0 Å². The maximum Gasteiger partial charge on any atom is 0.245 e. The first kappa shape index (κ1) is 19.0. The van der Waals surface area contributed by atoms with Crippen molar-refractivity contribution in [1.29, 1.82) is 0 Å². The van der Waals surface area contributed by atoms with Gasteiger partial charge in [-0.1, -0.05) is 43.7 Å². The summed E-state index contributed by atoms with van der Waals surface area (Å²) in [5.74, 6) is -0.378. The number of sulfonamides is 1. The molecule has 25 heavy (non-hydrogen) atoms. The Morgan fingerprint density at radius 3 is 2.28 bits per heavy atom. The van der Waals surface area contributed by atoms with Gasteiger partial charge in [0, 0.05) is 5.69 Å². The number of aryl methyl sites for hydroxylation is 2. The molecule has 0 unspecified atom stereocenters. The van der Waals surface area contributed by atoms with E-state index in [4.69, 9.17) is 0 Å². The number of benzene rings is 2. The molecule has 0 heterocycles. The van der Waals surface area contributed by atoms with Crippen molar-refractivity contribution in [3.63, 3.8) is 0 Å². The molecule has 0 bridgehead atoms. The third-order valence-electron chi connectivity index (χ3n) is 3.85. The van der Waals surface area contributed by atoms with Crippen LogP contribution in [0.3, 0.4) is 0 Å². The van der Waals surface area contributed by atoms with Crippen LogP contribution in [0.1, 0.15) is 24.5 Å². The number of carbonyl (C=O) groups is 1. The van der Waals surface area contributed by atoms with Gasteiger partial charge < -0.3 is 5.32 Å². The monoisotopic (exact) mass is 360 g/mol. The predicted octanol–water partition coefficient (Wildman–Crippen LogP) is 3.35. The minimum atomic E-state index is -3.57. The van der Waals surface area contributed by atoms with Crippen LogP contribution in [0.15, 0.2) is 48.5 Å². The lowest BCUT2D eigenvalue weighted by Gasteiger charge is -2.23. The summed E-state index contributed by atoms with van der Waals surface area (Å²) in [6.45, 7) is 3.67. The molecule has 0 aliphatic carbocycles. The Balaban J connectivity index is 2.14. The maximum atomic E-state index is 12.3. The smallest absolute Gasteiger partial charge is 0.245 e. The lowest BCUT2D eigenvalue weighted by atomic mass is 10.1. The molecule has 2 aromatic rings. The zero-order chi connectivity index (χ0) is 18.4. The largest absolute Gasteiger partial charge is 0.325 e. The van der Waals surface area contributed by atoms with Crippen molar-refractivity contribution in [3.8, 4) is 0 Å². The summed E-state index contributed by atoms with van der Waals surface area (Å²) in [6, 6.07) is 14.7. The number of nitrogens with one attached hydrogen (secondary N) is 1. The first-order chi connectivity index (χ1) is 11.8. The van der Waals surface area contributed by atoms with E-state index < -0.39 is 10.0 Å². The Hall–Kier alpha value is -2.34. The van der Waals surface area contributed by atoms with E-state index in [1.807, 2.05) is 43.3 Å². The van der Waals surface area contributed by atoms with Crippen LogP contribution in [0.4, 0.5) is 11.4 Å². The highest BCUT2D eigenvalue weighted by atomic mass is 32.2. The molecule has 0 atom stereocenters.